The SMILES string of the molecule is [Cr].[Cr].[H+].[V].[V]. The Balaban J connectivity index is 0. The van der Waals surface area contributed by atoms with E-state index in [2.05, 4.69) is 0 Å². The monoisotopic (exact) mass is 207 g/mol. The van der Waals surface area contributed by atoms with E-state index in [9.17, 15) is 0 Å². The molecule has 0 rings (SSSR count). The molecule has 0 N–H and O–H groups in total. The molecule has 0 spiro atoms. The predicted molar refractivity (Wildman–Crippen MR) is 1.11 cm³/mol. The second-order valence-corrected chi connectivity index (χ2v) is 0. The maximum absolute atomic E-state index is 0. The van der Waals surface area contributed by atoms with Crippen molar-refractivity contribution in [2.24, 2.45) is 0 Å². The van der Waals surface area contributed by atoms with Crippen LogP contribution in [-0.4, -0.2) is 0 Å². The van der Waals surface area contributed by atoms with Gasteiger partial charge in [0.1, 0.15) is 0 Å². The first kappa shape index (κ1) is 34.2. The molecule has 0 nitrogen and oxygen atoms in total. The number of rotatable bonds is 0. The summed E-state index contributed by atoms with van der Waals surface area (Å²) in [6, 6.07) is 0. The fraction of sp³-hybridized carbons (Fsp3) is 0. The molecule has 0 amide bonds. The molecular formula is HCr2V2+. The minimum Gasteiger partial charge on any atom is 0 e. The molecule has 0 aliphatic heterocycles. The maximum atomic E-state index is 0. The summed E-state index contributed by atoms with van der Waals surface area (Å²) in [5.74, 6) is 0. The van der Waals surface area contributed by atoms with Gasteiger partial charge in [0.2, 0.25) is 0 Å². The molecule has 0 aliphatic rings. The molecule has 2 radical (unpaired) electrons. The molecule has 22 valence electrons. The van der Waals surface area contributed by atoms with E-state index in [1.807, 2.05) is 0 Å². The van der Waals surface area contributed by atoms with Crippen molar-refractivity contribution in [2.75, 3.05) is 0 Å². The molecule has 0 bridgehead atoms. The second-order valence-electron chi connectivity index (χ2n) is 0. The largest absolute Gasteiger partial charge is 1.00 e. The summed E-state index contributed by atoms with van der Waals surface area (Å²) in [5, 5.41) is 0. The van der Waals surface area contributed by atoms with E-state index in [4.69, 9.17) is 0 Å². The van der Waals surface area contributed by atoms with Gasteiger partial charge in [0.15, 0.2) is 0 Å². The van der Waals surface area contributed by atoms with E-state index in [1.54, 1.807) is 0 Å². The van der Waals surface area contributed by atoms with Gasteiger partial charge in [0.05, 0.1) is 0 Å². The summed E-state index contributed by atoms with van der Waals surface area (Å²) in [5.41, 5.74) is 0. The Labute approximate surface area is 72.6 Å². The van der Waals surface area contributed by atoms with Crippen LogP contribution in [0.5, 0.6) is 0 Å². The molecule has 0 aromatic carbocycles. The van der Waals surface area contributed by atoms with E-state index >= 15 is 0 Å². The van der Waals surface area contributed by atoms with Crippen LogP contribution >= 0.6 is 0 Å². The Morgan fingerprint density at radius 3 is 0.750 bits per heavy atom. The maximum Gasteiger partial charge on any atom is 1.00 e. The van der Waals surface area contributed by atoms with Crippen molar-refractivity contribution in [1.82, 2.24) is 0 Å². The van der Waals surface area contributed by atoms with Gasteiger partial charge < -0.3 is 0 Å². The summed E-state index contributed by atoms with van der Waals surface area (Å²) in [6.45, 7) is 0. The van der Waals surface area contributed by atoms with Crippen LogP contribution in [0.2, 0.25) is 0 Å². The van der Waals surface area contributed by atoms with E-state index in [-0.39, 0.29) is 73.3 Å². The Kier molecular flexibility index (Phi) is 161. The van der Waals surface area contributed by atoms with Gasteiger partial charge in [-0.05, 0) is 0 Å². The third kappa shape index (κ3) is 8.87. The average molecular weight is 207 g/mol. The Hall–Kier alpha value is 2.23. The molecule has 0 aromatic heterocycles. The minimum absolute atomic E-state index is 0. The average Bonchev–Trinajstić information content (AvgIpc) is 0. The van der Waals surface area contributed by atoms with E-state index in [0.29, 0.717) is 0 Å². The van der Waals surface area contributed by atoms with E-state index in [1.165, 1.54) is 0 Å². The van der Waals surface area contributed by atoms with Gasteiger partial charge >= 0.3 is 1.43 Å². The molecule has 4 heavy (non-hydrogen) atoms. The fourth-order valence-electron chi connectivity index (χ4n) is 0. The van der Waals surface area contributed by atoms with Gasteiger partial charge in [-0.2, -0.15) is 0 Å². The van der Waals surface area contributed by atoms with Crippen LogP contribution in [0.15, 0.2) is 0 Å². The van der Waals surface area contributed by atoms with Crippen molar-refractivity contribution in [3.63, 3.8) is 0 Å². The van der Waals surface area contributed by atoms with Crippen molar-refractivity contribution < 1.29 is 73.3 Å². The third-order valence-electron chi connectivity index (χ3n) is 0. The van der Waals surface area contributed by atoms with Crippen molar-refractivity contribution >= 4 is 0 Å². The number of hydrogen-bond donors (Lipinski definition) is 0. The molecule has 0 atom stereocenters. The van der Waals surface area contributed by atoms with Gasteiger partial charge in [-0.25, -0.2) is 0 Å². The van der Waals surface area contributed by atoms with Crippen LogP contribution in [0, 0.1) is 0 Å². The Bertz CT molecular complexity index is 7.61. The predicted octanol–water partition coefficient (Wildman–Crippen LogP) is 0.102. The van der Waals surface area contributed by atoms with Gasteiger partial charge in [-0.15, -0.1) is 0 Å². The molecule has 0 aliphatic carbocycles. The van der Waals surface area contributed by atoms with Crippen LogP contribution < -0.4 is 0 Å². The van der Waals surface area contributed by atoms with Crippen molar-refractivity contribution in [1.29, 1.82) is 0 Å². The molecule has 0 aromatic rings. The van der Waals surface area contributed by atoms with Crippen LogP contribution in [0.4, 0.5) is 0 Å². The second kappa shape index (κ2) is 18.8. The summed E-state index contributed by atoms with van der Waals surface area (Å²) >= 11 is 0. The zero-order valence-corrected chi connectivity index (χ0v) is 7.05. The first-order valence-corrected chi connectivity index (χ1v) is 0. The first-order chi connectivity index (χ1) is 0. The van der Waals surface area contributed by atoms with Gasteiger partial charge in [-0.1, -0.05) is 0 Å². The molecule has 0 saturated carbocycles. The van der Waals surface area contributed by atoms with Crippen molar-refractivity contribution in [3.05, 3.63) is 0 Å². The number of hydrogen-bond acceptors (Lipinski definition) is 0. The van der Waals surface area contributed by atoms with Crippen molar-refractivity contribution in [2.45, 2.75) is 0 Å². The molecule has 0 heterocycles. The Morgan fingerprint density at radius 1 is 0.750 bits per heavy atom. The molecular weight excluding hydrogens is 206 g/mol. The van der Waals surface area contributed by atoms with Gasteiger partial charge in [0, 0.05) is 71.8 Å². The summed E-state index contributed by atoms with van der Waals surface area (Å²) in [4.78, 5) is 0. The summed E-state index contributed by atoms with van der Waals surface area (Å²) < 4.78 is 0. The molecule has 0 unspecified atom stereocenters. The zero-order valence-electron chi connectivity index (χ0n) is 2.71. The van der Waals surface area contributed by atoms with E-state index < -0.39 is 0 Å². The third-order valence-corrected chi connectivity index (χ3v) is 0. The summed E-state index contributed by atoms with van der Waals surface area (Å²) in [7, 11) is 0. The Morgan fingerprint density at radius 2 is 0.750 bits per heavy atom. The zero-order chi connectivity index (χ0) is 0. The topological polar surface area (TPSA) is 0 Å². The quantitative estimate of drug-likeness (QED) is 0.528. The summed E-state index contributed by atoms with van der Waals surface area (Å²) in [6.07, 6.45) is 0. The van der Waals surface area contributed by atoms with Crippen LogP contribution in [0.3, 0.4) is 0 Å². The van der Waals surface area contributed by atoms with Crippen LogP contribution in [0.25, 0.3) is 0 Å². The van der Waals surface area contributed by atoms with Gasteiger partial charge in [0.25, 0.3) is 0 Å². The van der Waals surface area contributed by atoms with Crippen LogP contribution in [-0.2, 0) is 71.8 Å². The molecule has 4 heteroatoms. The fourth-order valence-corrected chi connectivity index (χ4v) is 0. The van der Waals surface area contributed by atoms with Crippen molar-refractivity contribution in [3.8, 4) is 0 Å². The normalized spacial score (nSPS) is 0. The molecule has 0 fully saturated rings. The van der Waals surface area contributed by atoms with Gasteiger partial charge in [-0.3, -0.25) is 0 Å². The smallest absolute Gasteiger partial charge is 0 e. The van der Waals surface area contributed by atoms with E-state index in [0.717, 1.165) is 0 Å². The minimum atomic E-state index is 0. The standard InChI is InChI=1S/2Cr.2V/p+1. The first-order valence-electron chi connectivity index (χ1n) is 0. The molecule has 0 saturated heterocycles. The van der Waals surface area contributed by atoms with Crippen LogP contribution in [0.1, 0.15) is 1.43 Å².